The number of halogens is 1. The molecular weight excluding hydrogens is 273 g/mol. The van der Waals surface area contributed by atoms with E-state index in [0.717, 1.165) is 10.9 Å². The van der Waals surface area contributed by atoms with Crippen molar-refractivity contribution < 1.29 is 19.3 Å². The lowest BCUT2D eigenvalue weighted by Crippen LogP contribution is -2.38. The SMILES string of the molecule is Nc1nc2c(ncn2[C@]2(F)O[C@H](CO)C[C@H]2O)c(=O)[nH]1. The summed E-state index contributed by atoms with van der Waals surface area (Å²) in [5.74, 6) is -2.87. The van der Waals surface area contributed by atoms with Crippen molar-refractivity contribution in [1.82, 2.24) is 19.5 Å². The summed E-state index contributed by atoms with van der Waals surface area (Å²) < 4.78 is 20.7. The molecule has 1 fully saturated rings. The van der Waals surface area contributed by atoms with Crippen LogP contribution in [0.2, 0.25) is 0 Å². The lowest BCUT2D eigenvalue weighted by molar-refractivity contribution is -0.235. The lowest BCUT2D eigenvalue weighted by atomic mass is 10.2. The van der Waals surface area contributed by atoms with E-state index in [1.807, 2.05) is 0 Å². The molecule has 2 aromatic rings. The first-order chi connectivity index (χ1) is 9.45. The van der Waals surface area contributed by atoms with Crippen LogP contribution in [0.5, 0.6) is 0 Å². The van der Waals surface area contributed by atoms with Crippen LogP contribution in [-0.4, -0.2) is 48.5 Å². The minimum absolute atomic E-state index is 0.0919. The van der Waals surface area contributed by atoms with Gasteiger partial charge in [0.15, 0.2) is 11.2 Å². The number of aliphatic hydroxyl groups is 2. The number of anilines is 1. The zero-order valence-corrected chi connectivity index (χ0v) is 10.2. The Morgan fingerprint density at radius 1 is 1.70 bits per heavy atom. The Bertz CT molecular complexity index is 715. The molecule has 3 atom stereocenters. The molecule has 3 rings (SSSR count). The van der Waals surface area contributed by atoms with E-state index in [4.69, 9.17) is 15.6 Å². The first-order valence-corrected chi connectivity index (χ1v) is 5.84. The van der Waals surface area contributed by atoms with E-state index in [1.165, 1.54) is 0 Å². The van der Waals surface area contributed by atoms with Gasteiger partial charge < -0.3 is 20.7 Å². The van der Waals surface area contributed by atoms with E-state index in [2.05, 4.69) is 15.0 Å². The number of fused-ring (bicyclic) bond motifs is 1. The number of nitrogens with two attached hydrogens (primary N) is 1. The van der Waals surface area contributed by atoms with E-state index >= 15 is 0 Å². The first-order valence-electron chi connectivity index (χ1n) is 5.84. The van der Waals surface area contributed by atoms with Crippen molar-refractivity contribution in [3.8, 4) is 0 Å². The number of rotatable bonds is 2. The van der Waals surface area contributed by atoms with Gasteiger partial charge in [-0.25, -0.2) is 4.98 Å². The number of nitrogens with zero attached hydrogens (tertiary/aromatic N) is 3. The molecule has 1 aliphatic rings. The van der Waals surface area contributed by atoms with Crippen LogP contribution < -0.4 is 11.3 Å². The second kappa shape index (κ2) is 4.23. The molecule has 1 aliphatic heterocycles. The van der Waals surface area contributed by atoms with E-state index in [0.29, 0.717) is 0 Å². The van der Waals surface area contributed by atoms with Gasteiger partial charge in [0.25, 0.3) is 5.56 Å². The van der Waals surface area contributed by atoms with E-state index in [-0.39, 0.29) is 23.5 Å². The fourth-order valence-corrected chi connectivity index (χ4v) is 2.23. The van der Waals surface area contributed by atoms with Gasteiger partial charge in [-0.1, -0.05) is 0 Å². The standard InChI is InChI=1S/C10H12FN5O4/c11-10(5(18)1-4(2-17)20-10)16-3-13-6-7(16)14-9(12)15-8(6)19/h3-5,17-18H,1-2H2,(H3,12,14,15,19)/t4-,5+,10-/m0/s1. The number of imidazole rings is 1. The molecule has 0 spiro atoms. The summed E-state index contributed by atoms with van der Waals surface area (Å²) in [6.45, 7) is -0.439. The quantitative estimate of drug-likeness (QED) is 0.522. The Hall–Kier alpha value is -2.04. The molecule has 0 unspecified atom stereocenters. The summed E-state index contributed by atoms with van der Waals surface area (Å²) in [5.41, 5.74) is 4.51. The fraction of sp³-hybridized carbons (Fsp3) is 0.500. The van der Waals surface area contributed by atoms with Crippen LogP contribution >= 0.6 is 0 Å². The normalized spacial score (nSPS) is 30.1. The van der Waals surface area contributed by atoms with Crippen molar-refractivity contribution in [3.63, 3.8) is 0 Å². The monoisotopic (exact) mass is 285 g/mol. The molecule has 0 radical (unpaired) electrons. The number of aromatic nitrogens is 4. The molecule has 5 N–H and O–H groups in total. The predicted octanol–water partition coefficient (Wildman–Crippen LogP) is -1.58. The Balaban J connectivity index is 2.17. The van der Waals surface area contributed by atoms with Crippen LogP contribution in [0.15, 0.2) is 11.1 Å². The number of nitrogen functional groups attached to an aromatic ring is 1. The third-order valence-electron chi connectivity index (χ3n) is 3.19. The maximum absolute atomic E-state index is 14.8. The zero-order chi connectivity index (χ0) is 14.5. The number of H-pyrrole nitrogens is 1. The third-order valence-corrected chi connectivity index (χ3v) is 3.19. The zero-order valence-electron chi connectivity index (χ0n) is 10.2. The lowest BCUT2D eigenvalue weighted by Gasteiger charge is -2.24. The topological polar surface area (TPSA) is 139 Å². The van der Waals surface area contributed by atoms with Gasteiger partial charge >= 0.3 is 5.98 Å². The summed E-state index contributed by atoms with van der Waals surface area (Å²) in [4.78, 5) is 21.4. The summed E-state index contributed by atoms with van der Waals surface area (Å²) in [6.07, 6.45) is -1.48. The minimum atomic E-state index is -2.66. The predicted molar refractivity (Wildman–Crippen MR) is 64.2 cm³/mol. The largest absolute Gasteiger partial charge is 0.394 e. The van der Waals surface area contributed by atoms with Crippen LogP contribution in [0, 0.1) is 0 Å². The first kappa shape index (κ1) is 13.0. The number of hydrogen-bond acceptors (Lipinski definition) is 7. The third kappa shape index (κ3) is 1.69. The number of ether oxygens (including phenoxy) is 1. The number of nitrogens with one attached hydrogen (secondary N) is 1. The summed E-state index contributed by atoms with van der Waals surface area (Å²) in [6, 6.07) is 0. The molecule has 1 saturated heterocycles. The molecule has 0 bridgehead atoms. The van der Waals surface area contributed by atoms with Gasteiger partial charge in [0, 0.05) is 6.42 Å². The summed E-state index contributed by atoms with van der Waals surface area (Å²) >= 11 is 0. The molecule has 0 saturated carbocycles. The van der Waals surface area contributed by atoms with Crippen molar-refractivity contribution in [2.75, 3.05) is 12.3 Å². The second-order valence-corrected chi connectivity index (χ2v) is 4.52. The summed E-state index contributed by atoms with van der Waals surface area (Å²) in [7, 11) is 0. The van der Waals surface area contributed by atoms with Crippen molar-refractivity contribution in [3.05, 3.63) is 16.7 Å². The van der Waals surface area contributed by atoms with Crippen LogP contribution in [0.3, 0.4) is 0 Å². The highest BCUT2D eigenvalue weighted by atomic mass is 19.2. The van der Waals surface area contributed by atoms with Crippen molar-refractivity contribution in [2.24, 2.45) is 0 Å². The van der Waals surface area contributed by atoms with Gasteiger partial charge in [0.2, 0.25) is 5.95 Å². The molecule has 20 heavy (non-hydrogen) atoms. The Morgan fingerprint density at radius 3 is 3.10 bits per heavy atom. The van der Waals surface area contributed by atoms with Crippen molar-refractivity contribution in [2.45, 2.75) is 24.6 Å². The highest BCUT2D eigenvalue weighted by molar-refractivity contribution is 5.70. The average Bonchev–Trinajstić information content (AvgIpc) is 2.92. The Kier molecular flexibility index (Phi) is 2.74. The molecule has 3 heterocycles. The Morgan fingerprint density at radius 2 is 2.45 bits per heavy atom. The molecule has 108 valence electrons. The average molecular weight is 285 g/mol. The summed E-state index contributed by atoms with van der Waals surface area (Å²) in [5, 5.41) is 18.8. The highest BCUT2D eigenvalue weighted by Crippen LogP contribution is 2.37. The second-order valence-electron chi connectivity index (χ2n) is 4.52. The van der Waals surface area contributed by atoms with Crippen LogP contribution in [0.1, 0.15) is 6.42 Å². The number of aromatic amines is 1. The van der Waals surface area contributed by atoms with Gasteiger partial charge in [-0.2, -0.15) is 9.37 Å². The van der Waals surface area contributed by atoms with E-state index in [9.17, 15) is 14.3 Å². The molecule has 0 aromatic carbocycles. The van der Waals surface area contributed by atoms with Gasteiger partial charge in [-0.3, -0.25) is 14.3 Å². The van der Waals surface area contributed by atoms with Gasteiger partial charge in [-0.15, -0.1) is 0 Å². The highest BCUT2D eigenvalue weighted by Gasteiger charge is 2.51. The Labute approximate surface area is 110 Å². The maximum Gasteiger partial charge on any atom is 0.322 e. The smallest absolute Gasteiger partial charge is 0.322 e. The van der Waals surface area contributed by atoms with Crippen molar-refractivity contribution in [1.29, 1.82) is 0 Å². The van der Waals surface area contributed by atoms with E-state index < -0.39 is 30.4 Å². The molecule has 0 aliphatic carbocycles. The van der Waals surface area contributed by atoms with Crippen LogP contribution in [0.4, 0.5) is 10.3 Å². The minimum Gasteiger partial charge on any atom is -0.394 e. The molecule has 0 amide bonds. The molecule has 2 aromatic heterocycles. The number of aliphatic hydroxyl groups excluding tert-OH is 2. The maximum atomic E-state index is 14.8. The number of alkyl halides is 1. The molecule has 9 nitrogen and oxygen atoms in total. The fourth-order valence-electron chi connectivity index (χ4n) is 2.23. The van der Waals surface area contributed by atoms with Gasteiger partial charge in [0.1, 0.15) is 12.4 Å². The van der Waals surface area contributed by atoms with Crippen molar-refractivity contribution >= 4 is 17.1 Å². The van der Waals surface area contributed by atoms with E-state index in [1.54, 1.807) is 0 Å². The molecular formula is C10H12FN5O4. The molecule has 10 heteroatoms. The van der Waals surface area contributed by atoms with Gasteiger partial charge in [-0.05, 0) is 0 Å². The van der Waals surface area contributed by atoms with Crippen LogP contribution in [0.25, 0.3) is 11.2 Å². The van der Waals surface area contributed by atoms with Crippen LogP contribution in [-0.2, 0) is 10.7 Å². The van der Waals surface area contributed by atoms with Gasteiger partial charge in [0.05, 0.1) is 12.7 Å². The number of hydrogen-bond donors (Lipinski definition) is 4.